The number of benzene rings is 1. The average molecular weight is 523 g/mol. The molecule has 0 aliphatic carbocycles. The molecule has 9 nitrogen and oxygen atoms in total. The van der Waals surface area contributed by atoms with Crippen molar-refractivity contribution in [3.8, 4) is 6.07 Å². The Balaban J connectivity index is 1.49. The highest BCUT2D eigenvalue weighted by molar-refractivity contribution is 6.03. The summed E-state index contributed by atoms with van der Waals surface area (Å²) in [7, 11) is 0. The van der Waals surface area contributed by atoms with Gasteiger partial charge in [0.25, 0.3) is 5.91 Å². The number of anilines is 3. The van der Waals surface area contributed by atoms with Gasteiger partial charge in [0.1, 0.15) is 17.3 Å². The van der Waals surface area contributed by atoms with E-state index in [1.54, 1.807) is 36.9 Å². The van der Waals surface area contributed by atoms with Crippen LogP contribution in [0.4, 0.5) is 17.3 Å². The number of carbonyl (C=O) groups excluding carboxylic acids is 1. The quantitative estimate of drug-likeness (QED) is 0.304. The molecule has 0 radical (unpaired) electrons. The third kappa shape index (κ3) is 6.65. The lowest BCUT2D eigenvalue weighted by Crippen LogP contribution is -2.24. The Morgan fingerprint density at radius 1 is 1.00 bits per heavy atom. The topological polar surface area (TPSA) is 121 Å². The van der Waals surface area contributed by atoms with Crippen LogP contribution in [-0.4, -0.2) is 30.6 Å². The van der Waals surface area contributed by atoms with E-state index in [4.69, 9.17) is 5.10 Å². The fourth-order valence-electron chi connectivity index (χ4n) is 4.13. The third-order valence-corrected chi connectivity index (χ3v) is 6.47. The number of carbonyl (C=O) groups is 1. The summed E-state index contributed by atoms with van der Waals surface area (Å²) in [6, 6.07) is 13.6. The van der Waals surface area contributed by atoms with Gasteiger partial charge in [0, 0.05) is 30.3 Å². The number of aromatic nitrogens is 5. The van der Waals surface area contributed by atoms with E-state index in [2.05, 4.69) is 59.3 Å². The van der Waals surface area contributed by atoms with Crippen molar-refractivity contribution in [2.75, 3.05) is 10.6 Å². The maximum atomic E-state index is 13.0. The predicted molar refractivity (Wildman–Crippen MR) is 152 cm³/mol. The average Bonchev–Trinajstić information content (AvgIpc) is 3.32. The Bertz CT molecular complexity index is 1510. The molecule has 3 heterocycles. The van der Waals surface area contributed by atoms with Crippen LogP contribution in [0.5, 0.6) is 0 Å². The van der Waals surface area contributed by atoms with Crippen LogP contribution >= 0.6 is 0 Å². The highest BCUT2D eigenvalue weighted by Gasteiger charge is 2.22. The number of rotatable bonds is 8. The fourth-order valence-corrected chi connectivity index (χ4v) is 4.13. The van der Waals surface area contributed by atoms with Gasteiger partial charge in [0.2, 0.25) is 0 Å². The molecule has 1 amide bonds. The zero-order valence-electron chi connectivity index (χ0n) is 23.3. The monoisotopic (exact) mass is 522 g/mol. The Morgan fingerprint density at radius 2 is 1.79 bits per heavy atom. The van der Waals surface area contributed by atoms with Gasteiger partial charge in [-0.15, -0.1) is 0 Å². The van der Waals surface area contributed by atoms with Crippen molar-refractivity contribution >= 4 is 23.2 Å². The second-order valence-corrected chi connectivity index (χ2v) is 11.1. The molecule has 0 saturated carbocycles. The van der Waals surface area contributed by atoms with E-state index in [1.807, 2.05) is 42.8 Å². The zero-order valence-corrected chi connectivity index (χ0v) is 23.3. The first kappa shape index (κ1) is 27.5. The number of hydrogen-bond acceptors (Lipinski definition) is 7. The summed E-state index contributed by atoms with van der Waals surface area (Å²) in [4.78, 5) is 25.6. The fraction of sp³-hybridized carbons (Fsp3) is 0.333. The smallest absolute Gasteiger partial charge is 0.274 e. The molecule has 0 bridgehead atoms. The molecule has 0 saturated heterocycles. The molecule has 0 unspecified atom stereocenters. The van der Waals surface area contributed by atoms with Crippen LogP contribution in [-0.2, 0) is 23.8 Å². The van der Waals surface area contributed by atoms with Gasteiger partial charge in [-0.3, -0.25) is 14.8 Å². The first-order valence-electron chi connectivity index (χ1n) is 12.9. The molecule has 0 spiro atoms. The van der Waals surface area contributed by atoms with Crippen molar-refractivity contribution in [1.29, 1.82) is 5.26 Å². The number of amides is 1. The Morgan fingerprint density at radius 3 is 2.49 bits per heavy atom. The zero-order chi connectivity index (χ0) is 28.2. The summed E-state index contributed by atoms with van der Waals surface area (Å²) in [6.45, 7) is 12.0. The van der Waals surface area contributed by atoms with Crippen molar-refractivity contribution in [3.63, 3.8) is 0 Å². The molecule has 0 fully saturated rings. The molecular weight excluding hydrogens is 488 g/mol. The molecule has 0 aliphatic heterocycles. The van der Waals surface area contributed by atoms with Crippen LogP contribution in [0.3, 0.4) is 0 Å². The minimum atomic E-state index is -0.709. The van der Waals surface area contributed by atoms with Crippen LogP contribution in [0, 0.1) is 18.3 Å². The number of aryl methyl sites for hydroxylation is 3. The van der Waals surface area contributed by atoms with Crippen LogP contribution < -0.4 is 10.6 Å². The Hall–Kier alpha value is -4.58. The number of nitriles is 1. The summed E-state index contributed by atoms with van der Waals surface area (Å²) in [6.07, 6.45) is 8.01. The van der Waals surface area contributed by atoms with Gasteiger partial charge < -0.3 is 10.6 Å². The van der Waals surface area contributed by atoms with Crippen molar-refractivity contribution in [2.24, 2.45) is 0 Å². The number of hydrogen-bond donors (Lipinski definition) is 2. The molecule has 9 heteroatoms. The third-order valence-electron chi connectivity index (χ3n) is 6.47. The minimum Gasteiger partial charge on any atom is -0.324 e. The largest absolute Gasteiger partial charge is 0.324 e. The van der Waals surface area contributed by atoms with Crippen molar-refractivity contribution in [2.45, 2.75) is 65.3 Å². The van der Waals surface area contributed by atoms with E-state index >= 15 is 0 Å². The van der Waals surface area contributed by atoms with Crippen LogP contribution in [0.2, 0.25) is 0 Å². The molecule has 1 aromatic carbocycles. The van der Waals surface area contributed by atoms with Gasteiger partial charge in [0.05, 0.1) is 28.9 Å². The van der Waals surface area contributed by atoms with Gasteiger partial charge in [-0.1, -0.05) is 6.07 Å². The van der Waals surface area contributed by atoms with E-state index in [0.29, 0.717) is 11.5 Å². The maximum absolute atomic E-state index is 13.0. The second kappa shape index (κ2) is 11.0. The molecule has 0 atom stereocenters. The summed E-state index contributed by atoms with van der Waals surface area (Å²) in [5.41, 5.74) is 3.98. The first-order valence-corrected chi connectivity index (χ1v) is 12.9. The van der Waals surface area contributed by atoms with Gasteiger partial charge >= 0.3 is 0 Å². The number of pyridine rings is 1. The SMILES string of the molecule is Cc1ccc(NC(=O)c2cc(C(C)(C)C#N)ccn2)cc1CCc1cc(Nc2cnccn2)n(C(C)(C)C)n1. The summed E-state index contributed by atoms with van der Waals surface area (Å²) >= 11 is 0. The highest BCUT2D eigenvalue weighted by atomic mass is 16.1. The highest BCUT2D eigenvalue weighted by Crippen LogP contribution is 2.26. The maximum Gasteiger partial charge on any atom is 0.274 e. The van der Waals surface area contributed by atoms with Gasteiger partial charge in [-0.25, -0.2) is 9.67 Å². The van der Waals surface area contributed by atoms with Crippen LogP contribution in [0.25, 0.3) is 0 Å². The van der Waals surface area contributed by atoms with Crippen molar-refractivity contribution < 1.29 is 4.79 Å². The summed E-state index contributed by atoms with van der Waals surface area (Å²) in [5.74, 6) is 1.19. The number of nitrogens with zero attached hydrogens (tertiary/aromatic N) is 6. The molecule has 0 aliphatic rings. The lowest BCUT2D eigenvalue weighted by Gasteiger charge is -2.22. The van der Waals surface area contributed by atoms with Crippen LogP contribution in [0.15, 0.2) is 61.2 Å². The van der Waals surface area contributed by atoms with Crippen molar-refractivity contribution in [1.82, 2.24) is 24.7 Å². The predicted octanol–water partition coefficient (Wildman–Crippen LogP) is 5.71. The summed E-state index contributed by atoms with van der Waals surface area (Å²) in [5, 5.41) is 20.6. The lowest BCUT2D eigenvalue weighted by molar-refractivity contribution is 0.102. The van der Waals surface area contributed by atoms with E-state index in [0.717, 1.165) is 41.0 Å². The van der Waals surface area contributed by atoms with Gasteiger partial charge in [-0.2, -0.15) is 10.4 Å². The molecule has 39 heavy (non-hydrogen) atoms. The molecule has 4 aromatic rings. The molecule has 4 rings (SSSR count). The Kier molecular flexibility index (Phi) is 7.77. The van der Waals surface area contributed by atoms with Crippen LogP contribution in [0.1, 0.15) is 67.5 Å². The first-order chi connectivity index (χ1) is 18.5. The standard InChI is InChI=1S/C30H34N8O/c1-20-7-9-23(35-28(39)25-16-22(11-12-33-25)30(5,6)19-31)15-21(20)8-10-24-17-27(38(37-24)29(2,3)4)36-26-18-32-13-14-34-26/h7,9,11-18H,8,10H2,1-6H3,(H,34,36)(H,35,39). The molecule has 3 aromatic heterocycles. The van der Waals surface area contributed by atoms with E-state index < -0.39 is 5.41 Å². The lowest BCUT2D eigenvalue weighted by atomic mass is 9.86. The molecular formula is C30H34N8O. The van der Waals surface area contributed by atoms with E-state index in [9.17, 15) is 10.1 Å². The second-order valence-electron chi connectivity index (χ2n) is 11.1. The molecule has 200 valence electrons. The number of nitrogens with one attached hydrogen (secondary N) is 2. The minimum absolute atomic E-state index is 0.225. The summed E-state index contributed by atoms with van der Waals surface area (Å²) < 4.78 is 1.97. The van der Waals surface area contributed by atoms with Gasteiger partial charge in [0.15, 0.2) is 0 Å². The van der Waals surface area contributed by atoms with Gasteiger partial charge in [-0.05, 0) is 95.3 Å². The Labute approximate surface area is 229 Å². The van der Waals surface area contributed by atoms with Crippen molar-refractivity contribution in [3.05, 3.63) is 89.3 Å². The van der Waals surface area contributed by atoms with E-state index in [1.165, 1.54) is 0 Å². The normalized spacial score (nSPS) is 11.6. The molecule has 2 N–H and O–H groups in total. The van der Waals surface area contributed by atoms with E-state index in [-0.39, 0.29) is 17.1 Å².